The number of aryl methyl sites for hydroxylation is 2. The Labute approximate surface area is 177 Å². The second kappa shape index (κ2) is 9.04. The topological polar surface area (TPSA) is 47.6 Å². The largest absolute Gasteiger partial charge is 0.490 e. The SMILES string of the molecule is Cc1ccc(C)c(C(=O)NC(Cc2ccccc2)c2ccc3c(c2)OCCCO3)c1. The molecule has 0 spiro atoms. The molecule has 1 atom stereocenters. The van der Waals surface area contributed by atoms with Crippen molar-refractivity contribution in [1.82, 2.24) is 5.32 Å². The smallest absolute Gasteiger partial charge is 0.252 e. The summed E-state index contributed by atoms with van der Waals surface area (Å²) < 4.78 is 11.6. The van der Waals surface area contributed by atoms with Gasteiger partial charge in [0.25, 0.3) is 5.91 Å². The number of fused-ring (bicyclic) bond motifs is 1. The fraction of sp³-hybridized carbons (Fsp3) is 0.269. The van der Waals surface area contributed by atoms with Crippen molar-refractivity contribution in [3.63, 3.8) is 0 Å². The molecule has 3 aromatic carbocycles. The van der Waals surface area contributed by atoms with Gasteiger partial charge in [-0.25, -0.2) is 0 Å². The lowest BCUT2D eigenvalue weighted by Gasteiger charge is -2.21. The zero-order valence-electron chi connectivity index (χ0n) is 17.5. The molecule has 0 saturated carbocycles. The molecule has 1 aliphatic heterocycles. The first kappa shape index (κ1) is 20.0. The maximum absolute atomic E-state index is 13.2. The van der Waals surface area contributed by atoms with Gasteiger partial charge in [-0.2, -0.15) is 0 Å². The Morgan fingerprint density at radius 3 is 2.50 bits per heavy atom. The van der Waals surface area contributed by atoms with Gasteiger partial charge in [-0.1, -0.05) is 54.1 Å². The highest BCUT2D eigenvalue weighted by molar-refractivity contribution is 5.96. The lowest BCUT2D eigenvalue weighted by molar-refractivity contribution is 0.0935. The monoisotopic (exact) mass is 401 g/mol. The van der Waals surface area contributed by atoms with Gasteiger partial charge in [0, 0.05) is 12.0 Å². The minimum absolute atomic E-state index is 0.0655. The van der Waals surface area contributed by atoms with Crippen LogP contribution < -0.4 is 14.8 Å². The highest BCUT2D eigenvalue weighted by atomic mass is 16.5. The third-order valence-corrected chi connectivity index (χ3v) is 5.40. The molecule has 0 aliphatic carbocycles. The van der Waals surface area contributed by atoms with E-state index in [1.165, 1.54) is 0 Å². The molecule has 1 heterocycles. The summed E-state index contributed by atoms with van der Waals surface area (Å²) in [6.07, 6.45) is 1.55. The number of carbonyl (C=O) groups excluding carboxylic acids is 1. The second-order valence-electron chi connectivity index (χ2n) is 7.79. The van der Waals surface area contributed by atoms with Crippen molar-refractivity contribution in [1.29, 1.82) is 0 Å². The summed E-state index contributed by atoms with van der Waals surface area (Å²) in [5.74, 6) is 1.43. The molecule has 4 nitrogen and oxygen atoms in total. The van der Waals surface area contributed by atoms with E-state index in [1.807, 2.05) is 68.4 Å². The average molecular weight is 402 g/mol. The first-order valence-corrected chi connectivity index (χ1v) is 10.4. The summed E-state index contributed by atoms with van der Waals surface area (Å²) in [4.78, 5) is 13.2. The van der Waals surface area contributed by atoms with Gasteiger partial charge in [0.05, 0.1) is 19.3 Å². The molecule has 4 rings (SSSR count). The van der Waals surface area contributed by atoms with E-state index in [-0.39, 0.29) is 11.9 Å². The predicted molar refractivity (Wildman–Crippen MR) is 118 cm³/mol. The number of rotatable bonds is 5. The van der Waals surface area contributed by atoms with Crippen LogP contribution in [0.1, 0.15) is 45.1 Å². The highest BCUT2D eigenvalue weighted by Crippen LogP contribution is 2.33. The quantitative estimate of drug-likeness (QED) is 0.641. The molecule has 3 aromatic rings. The fourth-order valence-electron chi connectivity index (χ4n) is 3.72. The van der Waals surface area contributed by atoms with Crippen molar-refractivity contribution in [2.24, 2.45) is 0 Å². The molecule has 0 saturated heterocycles. The molecule has 0 aromatic heterocycles. The first-order valence-electron chi connectivity index (χ1n) is 10.4. The van der Waals surface area contributed by atoms with Crippen LogP contribution >= 0.6 is 0 Å². The van der Waals surface area contributed by atoms with Crippen LogP contribution in [-0.4, -0.2) is 19.1 Å². The van der Waals surface area contributed by atoms with Crippen molar-refractivity contribution in [3.05, 3.63) is 94.5 Å². The molecule has 154 valence electrons. The molecule has 1 amide bonds. The molecule has 0 radical (unpaired) electrons. The van der Waals surface area contributed by atoms with E-state index in [0.29, 0.717) is 25.2 Å². The van der Waals surface area contributed by atoms with Crippen molar-refractivity contribution in [3.8, 4) is 11.5 Å². The average Bonchev–Trinajstić information content (AvgIpc) is 3.00. The standard InChI is InChI=1S/C26H27NO3/c1-18-9-10-19(2)22(15-18)26(28)27-23(16-20-7-4-3-5-8-20)21-11-12-24-25(17-21)30-14-6-13-29-24/h3-5,7-12,15,17,23H,6,13-14,16H2,1-2H3,(H,27,28). The minimum atomic E-state index is -0.183. The Morgan fingerprint density at radius 1 is 0.933 bits per heavy atom. The van der Waals surface area contributed by atoms with Crippen molar-refractivity contribution < 1.29 is 14.3 Å². The van der Waals surface area contributed by atoms with Gasteiger partial charge in [-0.3, -0.25) is 4.79 Å². The molecule has 4 heteroatoms. The second-order valence-corrected chi connectivity index (χ2v) is 7.79. The normalized spacial score (nSPS) is 13.9. The number of hydrogen-bond donors (Lipinski definition) is 1. The van der Waals surface area contributed by atoms with Crippen molar-refractivity contribution >= 4 is 5.91 Å². The van der Waals surface area contributed by atoms with Gasteiger partial charge in [0.2, 0.25) is 0 Å². The van der Waals surface area contributed by atoms with E-state index >= 15 is 0 Å². The number of ether oxygens (including phenoxy) is 2. The molecule has 0 bridgehead atoms. The third-order valence-electron chi connectivity index (χ3n) is 5.40. The van der Waals surface area contributed by atoms with Gasteiger partial charge in [0.15, 0.2) is 11.5 Å². The lowest BCUT2D eigenvalue weighted by Crippen LogP contribution is -2.30. The van der Waals surface area contributed by atoms with Crippen molar-refractivity contribution in [2.45, 2.75) is 32.7 Å². The van der Waals surface area contributed by atoms with Crippen LogP contribution in [0.3, 0.4) is 0 Å². The summed E-state index contributed by atoms with van der Waals surface area (Å²) in [5, 5.41) is 3.25. The Hall–Kier alpha value is -3.27. The van der Waals surface area contributed by atoms with E-state index in [9.17, 15) is 4.79 Å². The van der Waals surface area contributed by atoms with E-state index in [0.717, 1.165) is 40.2 Å². The van der Waals surface area contributed by atoms with Crippen LogP contribution in [0.4, 0.5) is 0 Å². The Balaban J connectivity index is 1.65. The van der Waals surface area contributed by atoms with E-state index in [4.69, 9.17) is 9.47 Å². The van der Waals surface area contributed by atoms with E-state index < -0.39 is 0 Å². The number of amides is 1. The number of hydrogen-bond acceptors (Lipinski definition) is 3. The van der Waals surface area contributed by atoms with Crippen LogP contribution in [0.5, 0.6) is 11.5 Å². The maximum Gasteiger partial charge on any atom is 0.252 e. The summed E-state index contributed by atoms with van der Waals surface area (Å²) in [6, 6.07) is 21.9. The summed E-state index contributed by atoms with van der Waals surface area (Å²) in [6.45, 7) is 5.26. The van der Waals surface area contributed by atoms with Gasteiger partial charge >= 0.3 is 0 Å². The highest BCUT2D eigenvalue weighted by Gasteiger charge is 2.20. The number of carbonyl (C=O) groups is 1. The Kier molecular flexibility index (Phi) is 6.03. The van der Waals surface area contributed by atoms with Gasteiger partial charge in [0.1, 0.15) is 0 Å². The zero-order chi connectivity index (χ0) is 20.9. The van der Waals surface area contributed by atoms with Crippen LogP contribution in [0.25, 0.3) is 0 Å². The Bertz CT molecular complexity index is 1030. The van der Waals surface area contributed by atoms with Gasteiger partial charge < -0.3 is 14.8 Å². The molecule has 1 N–H and O–H groups in total. The lowest BCUT2D eigenvalue weighted by atomic mass is 9.97. The zero-order valence-corrected chi connectivity index (χ0v) is 17.5. The number of benzene rings is 3. The fourth-order valence-corrected chi connectivity index (χ4v) is 3.72. The van der Waals surface area contributed by atoms with E-state index in [1.54, 1.807) is 0 Å². The summed E-state index contributed by atoms with van der Waals surface area (Å²) in [7, 11) is 0. The van der Waals surface area contributed by atoms with Crippen LogP contribution in [0.2, 0.25) is 0 Å². The van der Waals surface area contributed by atoms with E-state index in [2.05, 4.69) is 17.4 Å². The Morgan fingerprint density at radius 2 is 1.70 bits per heavy atom. The molecule has 1 unspecified atom stereocenters. The van der Waals surface area contributed by atoms with Crippen molar-refractivity contribution in [2.75, 3.05) is 13.2 Å². The van der Waals surface area contributed by atoms with Crippen LogP contribution in [0, 0.1) is 13.8 Å². The molecular formula is C26H27NO3. The predicted octanol–water partition coefficient (Wildman–Crippen LogP) is 5.18. The van der Waals surface area contributed by atoms with Gasteiger partial charge in [-0.15, -0.1) is 0 Å². The minimum Gasteiger partial charge on any atom is -0.490 e. The third kappa shape index (κ3) is 4.65. The van der Waals surface area contributed by atoms with Crippen LogP contribution in [-0.2, 0) is 6.42 Å². The summed E-state index contributed by atoms with van der Waals surface area (Å²) >= 11 is 0. The van der Waals surface area contributed by atoms with Crippen LogP contribution in [0.15, 0.2) is 66.7 Å². The van der Waals surface area contributed by atoms with Gasteiger partial charge in [-0.05, 0) is 55.2 Å². The molecule has 30 heavy (non-hydrogen) atoms. The number of nitrogens with one attached hydrogen (secondary N) is 1. The maximum atomic E-state index is 13.2. The molecule has 0 fully saturated rings. The molecule has 1 aliphatic rings. The summed E-state index contributed by atoms with van der Waals surface area (Å²) in [5.41, 5.74) is 4.91. The first-order chi connectivity index (χ1) is 14.6. The molecular weight excluding hydrogens is 374 g/mol.